The summed E-state index contributed by atoms with van der Waals surface area (Å²) < 4.78 is 0.831. The van der Waals surface area contributed by atoms with Crippen molar-refractivity contribution in [2.45, 2.75) is 0 Å². The van der Waals surface area contributed by atoms with Crippen molar-refractivity contribution in [3.05, 3.63) is 40.0 Å². The number of nitrogens with one attached hydrogen (secondary N) is 1. The van der Waals surface area contributed by atoms with Crippen LogP contribution >= 0.6 is 11.3 Å². The second kappa shape index (κ2) is 2.74. The van der Waals surface area contributed by atoms with Crippen LogP contribution in [0.3, 0.4) is 0 Å². The number of rotatable bonds is 1. The number of aromatic nitrogens is 1. The Morgan fingerprint density at radius 1 is 1.54 bits per heavy atom. The van der Waals surface area contributed by atoms with Crippen LogP contribution in [0, 0.1) is 0 Å². The van der Waals surface area contributed by atoms with Crippen LogP contribution in [0.15, 0.2) is 29.6 Å². The van der Waals surface area contributed by atoms with E-state index in [-0.39, 0.29) is 10.6 Å². The summed E-state index contributed by atoms with van der Waals surface area (Å²) in [5, 5.41) is 9.11. The summed E-state index contributed by atoms with van der Waals surface area (Å²) in [7, 11) is 0. The van der Waals surface area contributed by atoms with Gasteiger partial charge in [-0.25, -0.2) is 0 Å². The first-order valence-electron chi connectivity index (χ1n) is 3.68. The molecule has 4 heteroatoms. The van der Waals surface area contributed by atoms with Crippen molar-refractivity contribution in [3.63, 3.8) is 0 Å². The molecule has 0 unspecified atom stereocenters. The fraction of sp³-hybridized carbons (Fsp3) is 0. The number of aromatic amines is 1. The summed E-state index contributed by atoms with van der Waals surface area (Å²) in [5.74, 6) is 0.0164. The Balaban J connectivity index is 2.74. The van der Waals surface area contributed by atoms with Gasteiger partial charge < -0.3 is 10.1 Å². The van der Waals surface area contributed by atoms with Crippen LogP contribution < -0.4 is 4.87 Å². The van der Waals surface area contributed by atoms with Crippen LogP contribution in [0.1, 0.15) is 5.56 Å². The minimum absolute atomic E-state index is 0.0164. The minimum atomic E-state index is -0.0873. The maximum absolute atomic E-state index is 10.9. The molecule has 0 bridgehead atoms. The zero-order chi connectivity index (χ0) is 9.42. The second-order valence-corrected chi connectivity index (χ2v) is 3.69. The van der Waals surface area contributed by atoms with Gasteiger partial charge in [-0.15, -0.1) is 0 Å². The summed E-state index contributed by atoms with van der Waals surface area (Å²) in [4.78, 5) is 13.5. The van der Waals surface area contributed by atoms with Gasteiger partial charge in [-0.1, -0.05) is 17.9 Å². The number of benzene rings is 1. The van der Waals surface area contributed by atoms with Gasteiger partial charge in [0.1, 0.15) is 5.76 Å². The molecule has 0 atom stereocenters. The zero-order valence-electron chi connectivity index (χ0n) is 6.70. The number of hydrogen-bond acceptors (Lipinski definition) is 3. The molecule has 0 aliphatic heterocycles. The van der Waals surface area contributed by atoms with E-state index < -0.39 is 0 Å². The van der Waals surface area contributed by atoms with E-state index in [2.05, 4.69) is 11.6 Å². The van der Waals surface area contributed by atoms with Crippen LogP contribution in [-0.2, 0) is 0 Å². The lowest BCUT2D eigenvalue weighted by Gasteiger charge is -1.96. The van der Waals surface area contributed by atoms with Crippen LogP contribution in [0.4, 0.5) is 0 Å². The molecule has 0 spiro atoms. The molecule has 2 aromatic rings. The van der Waals surface area contributed by atoms with Crippen LogP contribution in [0.2, 0.25) is 0 Å². The van der Waals surface area contributed by atoms with E-state index in [0.717, 1.165) is 21.6 Å². The highest BCUT2D eigenvalue weighted by Crippen LogP contribution is 2.19. The van der Waals surface area contributed by atoms with Crippen molar-refractivity contribution >= 4 is 27.3 Å². The predicted molar refractivity (Wildman–Crippen MR) is 54.1 cm³/mol. The smallest absolute Gasteiger partial charge is 0.305 e. The average molecular weight is 193 g/mol. The lowest BCUT2D eigenvalue weighted by Crippen LogP contribution is -1.89. The molecular formula is C9H7NO2S. The fourth-order valence-corrected chi connectivity index (χ4v) is 1.90. The summed E-state index contributed by atoms with van der Waals surface area (Å²) >= 11 is 1.12. The molecule has 0 saturated heterocycles. The van der Waals surface area contributed by atoms with Crippen molar-refractivity contribution in [2.24, 2.45) is 0 Å². The summed E-state index contributed by atoms with van der Waals surface area (Å²) in [6, 6.07) is 5.21. The van der Waals surface area contributed by atoms with E-state index in [1.807, 2.05) is 0 Å². The number of H-pyrrole nitrogens is 1. The molecule has 0 amide bonds. The minimum Gasteiger partial charge on any atom is -0.508 e. The Morgan fingerprint density at radius 2 is 2.31 bits per heavy atom. The third-order valence-corrected chi connectivity index (χ3v) is 2.60. The van der Waals surface area contributed by atoms with Crippen molar-refractivity contribution in [1.29, 1.82) is 0 Å². The van der Waals surface area contributed by atoms with Gasteiger partial charge in [0.2, 0.25) is 0 Å². The van der Waals surface area contributed by atoms with Gasteiger partial charge >= 0.3 is 4.87 Å². The lowest BCUT2D eigenvalue weighted by molar-refractivity contribution is 0.514. The summed E-state index contributed by atoms with van der Waals surface area (Å²) in [6.07, 6.45) is 0. The van der Waals surface area contributed by atoms with Gasteiger partial charge in [-0.3, -0.25) is 4.79 Å². The molecule has 13 heavy (non-hydrogen) atoms. The monoisotopic (exact) mass is 193 g/mol. The number of thiazole rings is 1. The maximum Gasteiger partial charge on any atom is 0.305 e. The molecular weight excluding hydrogens is 186 g/mol. The fourth-order valence-electron chi connectivity index (χ4n) is 1.12. The number of aliphatic hydroxyl groups excluding tert-OH is 1. The molecule has 2 rings (SSSR count). The molecule has 0 aliphatic rings. The molecule has 66 valence electrons. The van der Waals surface area contributed by atoms with Crippen LogP contribution in [0.5, 0.6) is 0 Å². The third-order valence-electron chi connectivity index (χ3n) is 1.75. The molecule has 1 aromatic heterocycles. The quantitative estimate of drug-likeness (QED) is 0.681. The Bertz CT molecular complexity index is 524. The van der Waals surface area contributed by atoms with Gasteiger partial charge in [0.15, 0.2) is 0 Å². The summed E-state index contributed by atoms with van der Waals surface area (Å²) in [6.45, 7) is 3.41. The highest BCUT2D eigenvalue weighted by Gasteiger charge is 2.01. The van der Waals surface area contributed by atoms with E-state index in [4.69, 9.17) is 5.11 Å². The molecule has 3 nitrogen and oxygen atoms in total. The lowest BCUT2D eigenvalue weighted by atomic mass is 10.2. The molecule has 0 aliphatic carbocycles. The third kappa shape index (κ3) is 1.36. The first kappa shape index (κ1) is 8.07. The van der Waals surface area contributed by atoms with Gasteiger partial charge in [-0.05, 0) is 18.2 Å². The van der Waals surface area contributed by atoms with E-state index in [0.29, 0.717) is 5.56 Å². The van der Waals surface area contributed by atoms with Crippen LogP contribution in [0.25, 0.3) is 16.0 Å². The number of fused-ring (bicyclic) bond motifs is 1. The van der Waals surface area contributed by atoms with E-state index in [1.165, 1.54) is 0 Å². The Hall–Kier alpha value is -1.55. The van der Waals surface area contributed by atoms with E-state index >= 15 is 0 Å². The first-order valence-corrected chi connectivity index (χ1v) is 4.49. The topological polar surface area (TPSA) is 53.1 Å². The standard InChI is InChI=1S/C9H7NO2S/c1-5(11)6-2-3-7-8(4-6)13-9(12)10-7/h2-4,11H,1H2,(H,10,12). The predicted octanol–water partition coefficient (Wildman–Crippen LogP) is 2.12. The van der Waals surface area contributed by atoms with E-state index in [9.17, 15) is 4.79 Å². The summed E-state index contributed by atoms with van der Waals surface area (Å²) in [5.41, 5.74) is 1.43. The average Bonchev–Trinajstić information content (AvgIpc) is 2.42. The molecule has 1 aromatic carbocycles. The van der Waals surface area contributed by atoms with Crippen molar-refractivity contribution < 1.29 is 5.11 Å². The van der Waals surface area contributed by atoms with Gasteiger partial charge in [0.05, 0.1) is 10.2 Å². The van der Waals surface area contributed by atoms with Gasteiger partial charge in [0.25, 0.3) is 0 Å². The first-order chi connectivity index (χ1) is 6.16. The normalized spacial score (nSPS) is 10.5. The molecule has 1 heterocycles. The van der Waals surface area contributed by atoms with Crippen molar-refractivity contribution in [2.75, 3.05) is 0 Å². The molecule has 0 fully saturated rings. The zero-order valence-corrected chi connectivity index (χ0v) is 7.52. The van der Waals surface area contributed by atoms with Crippen LogP contribution in [-0.4, -0.2) is 10.1 Å². The molecule has 2 N–H and O–H groups in total. The highest BCUT2D eigenvalue weighted by molar-refractivity contribution is 7.16. The second-order valence-electron chi connectivity index (χ2n) is 2.67. The highest BCUT2D eigenvalue weighted by atomic mass is 32.1. The van der Waals surface area contributed by atoms with E-state index in [1.54, 1.807) is 18.2 Å². The van der Waals surface area contributed by atoms with Gasteiger partial charge in [-0.2, -0.15) is 0 Å². The van der Waals surface area contributed by atoms with Gasteiger partial charge in [0, 0.05) is 5.56 Å². The molecule has 0 radical (unpaired) electrons. The Labute approximate surface area is 78.0 Å². The number of aliphatic hydroxyl groups is 1. The molecule has 0 saturated carbocycles. The Morgan fingerprint density at radius 3 is 3.00 bits per heavy atom. The number of hydrogen-bond donors (Lipinski definition) is 2. The largest absolute Gasteiger partial charge is 0.508 e. The van der Waals surface area contributed by atoms with Crippen molar-refractivity contribution in [3.8, 4) is 0 Å². The Kier molecular flexibility index (Phi) is 1.70. The SMILES string of the molecule is C=C(O)c1ccc2[nH]c(=O)sc2c1. The van der Waals surface area contributed by atoms with Crippen molar-refractivity contribution in [1.82, 2.24) is 4.98 Å². The maximum atomic E-state index is 10.9.